The van der Waals surface area contributed by atoms with Gasteiger partial charge in [-0.15, -0.1) is 11.3 Å². The molecule has 0 radical (unpaired) electrons. The molecule has 1 aliphatic rings. The fraction of sp³-hybridized carbons (Fsp3) is 0.278. The summed E-state index contributed by atoms with van der Waals surface area (Å²) in [7, 11) is 1.58. The van der Waals surface area contributed by atoms with Crippen molar-refractivity contribution in [1.82, 2.24) is 9.97 Å². The number of thiophene rings is 1. The molecule has 0 bridgehead atoms. The van der Waals surface area contributed by atoms with E-state index in [1.165, 1.54) is 0 Å². The number of carbonyl (C=O) groups is 1. The largest absolute Gasteiger partial charge is 0.497 e. The summed E-state index contributed by atoms with van der Waals surface area (Å²) in [6, 6.07) is 6.92. The second kappa shape index (κ2) is 7.09. The number of amides is 1. The Bertz CT molecular complexity index is 961. The number of methoxy groups -OCH3 is 1. The van der Waals surface area contributed by atoms with E-state index in [1.54, 1.807) is 43.0 Å². The highest BCUT2D eigenvalue weighted by Crippen LogP contribution is 2.33. The third kappa shape index (κ3) is 3.08. The van der Waals surface area contributed by atoms with Gasteiger partial charge in [0.05, 0.1) is 23.2 Å². The number of ether oxygens (including phenoxy) is 1. The minimum atomic E-state index is -0.286. The number of hydrogen-bond donors (Lipinski definition) is 1. The van der Waals surface area contributed by atoms with Gasteiger partial charge >= 0.3 is 0 Å². The quantitative estimate of drug-likeness (QED) is 0.732. The second-order valence-electron chi connectivity index (χ2n) is 6.02. The minimum Gasteiger partial charge on any atom is -0.497 e. The van der Waals surface area contributed by atoms with Crippen LogP contribution in [-0.4, -0.2) is 35.6 Å². The summed E-state index contributed by atoms with van der Waals surface area (Å²) in [4.78, 5) is 24.6. The minimum absolute atomic E-state index is 0.0865. The van der Waals surface area contributed by atoms with Crippen LogP contribution in [0.15, 0.2) is 36.0 Å². The highest BCUT2D eigenvalue weighted by Gasteiger charge is 2.33. The number of anilines is 2. The number of rotatable bonds is 4. The topological polar surface area (TPSA) is 67.3 Å². The zero-order valence-corrected chi connectivity index (χ0v) is 15.7. The molecule has 134 valence electrons. The normalized spacial score (nSPS) is 16.8. The van der Waals surface area contributed by atoms with Gasteiger partial charge in [0.25, 0.3) is 0 Å². The Kier molecular flexibility index (Phi) is 4.65. The fourth-order valence-electron chi connectivity index (χ4n) is 3.24. The molecular weight excluding hydrogens is 372 g/mol. The van der Waals surface area contributed by atoms with Crippen molar-refractivity contribution in [2.24, 2.45) is 0 Å². The van der Waals surface area contributed by atoms with Gasteiger partial charge in [0.15, 0.2) is 0 Å². The van der Waals surface area contributed by atoms with Gasteiger partial charge in [0, 0.05) is 12.6 Å². The average Bonchev–Trinajstić information content (AvgIpc) is 3.32. The number of nitrogens with zero attached hydrogens (tertiary/aromatic N) is 3. The molecule has 1 atom stereocenters. The molecule has 8 heteroatoms. The van der Waals surface area contributed by atoms with Gasteiger partial charge < -0.3 is 15.0 Å². The Balaban J connectivity index is 1.58. The first-order valence-electron chi connectivity index (χ1n) is 8.26. The molecule has 4 rings (SSSR count). The molecule has 6 nitrogen and oxygen atoms in total. The van der Waals surface area contributed by atoms with Crippen molar-refractivity contribution in [3.63, 3.8) is 0 Å². The number of benzene rings is 1. The van der Waals surface area contributed by atoms with Gasteiger partial charge in [0.1, 0.15) is 28.8 Å². The fourth-order valence-corrected chi connectivity index (χ4v) is 4.18. The number of fused-ring (bicyclic) bond motifs is 1. The maximum absolute atomic E-state index is 12.9. The lowest BCUT2D eigenvalue weighted by Crippen LogP contribution is -2.40. The third-order valence-electron chi connectivity index (χ3n) is 4.50. The second-order valence-corrected chi connectivity index (χ2v) is 7.32. The van der Waals surface area contributed by atoms with E-state index in [9.17, 15) is 4.79 Å². The zero-order valence-electron chi connectivity index (χ0n) is 14.1. The molecule has 3 aromatic rings. The van der Waals surface area contributed by atoms with E-state index in [-0.39, 0.29) is 11.9 Å². The van der Waals surface area contributed by atoms with Gasteiger partial charge in [-0.2, -0.15) is 0 Å². The lowest BCUT2D eigenvalue weighted by Gasteiger charge is -2.25. The summed E-state index contributed by atoms with van der Waals surface area (Å²) in [5.41, 5.74) is 0.577. The van der Waals surface area contributed by atoms with Crippen molar-refractivity contribution in [2.45, 2.75) is 18.9 Å². The first-order valence-corrected chi connectivity index (χ1v) is 9.52. The standard InChI is InChI=1S/C18H17ClN4O2S/c1-25-11-4-5-14(13(19)9-11)22-17(24)15-3-2-7-23(15)16-12-6-8-26-18(12)21-10-20-16/h4-6,8-10,15H,2-3,7H2,1H3,(H,22,24). The number of hydrogen-bond acceptors (Lipinski definition) is 6. The summed E-state index contributed by atoms with van der Waals surface area (Å²) in [6.45, 7) is 0.788. The Labute approximate surface area is 159 Å². The number of nitrogens with one attached hydrogen (secondary N) is 1. The van der Waals surface area contributed by atoms with E-state index in [2.05, 4.69) is 20.2 Å². The maximum Gasteiger partial charge on any atom is 0.247 e. The maximum atomic E-state index is 12.9. The lowest BCUT2D eigenvalue weighted by molar-refractivity contribution is -0.117. The van der Waals surface area contributed by atoms with Gasteiger partial charge in [-0.05, 0) is 36.4 Å². The van der Waals surface area contributed by atoms with Crippen molar-refractivity contribution in [3.8, 4) is 5.75 Å². The van der Waals surface area contributed by atoms with Crippen LogP contribution < -0.4 is 15.0 Å². The van der Waals surface area contributed by atoms with E-state index in [0.29, 0.717) is 16.5 Å². The first-order chi connectivity index (χ1) is 12.7. The van der Waals surface area contributed by atoms with E-state index in [4.69, 9.17) is 16.3 Å². The van der Waals surface area contributed by atoms with Crippen LogP contribution in [0.2, 0.25) is 5.02 Å². The first kappa shape index (κ1) is 17.1. The van der Waals surface area contributed by atoms with E-state index < -0.39 is 0 Å². The molecule has 2 aromatic heterocycles. The van der Waals surface area contributed by atoms with Crippen LogP contribution in [0.3, 0.4) is 0 Å². The summed E-state index contributed by atoms with van der Waals surface area (Å²) < 4.78 is 5.14. The van der Waals surface area contributed by atoms with E-state index in [0.717, 1.165) is 35.4 Å². The Morgan fingerprint density at radius 3 is 3.08 bits per heavy atom. The van der Waals surface area contributed by atoms with E-state index >= 15 is 0 Å². The molecule has 26 heavy (non-hydrogen) atoms. The predicted octanol–water partition coefficient (Wildman–Crippen LogP) is 3.96. The summed E-state index contributed by atoms with van der Waals surface area (Å²) >= 11 is 7.82. The van der Waals surface area contributed by atoms with Crippen molar-refractivity contribution in [3.05, 3.63) is 41.0 Å². The SMILES string of the molecule is COc1ccc(NC(=O)C2CCCN2c2ncnc3sccc23)c(Cl)c1. The van der Waals surface area contributed by atoms with Gasteiger partial charge in [-0.1, -0.05) is 11.6 Å². The number of carbonyl (C=O) groups excluding carboxylic acids is 1. The van der Waals surface area contributed by atoms with E-state index in [1.807, 2.05) is 11.4 Å². The Morgan fingerprint density at radius 1 is 1.38 bits per heavy atom. The van der Waals surface area contributed by atoms with Crippen molar-refractivity contribution in [2.75, 3.05) is 23.9 Å². The number of halogens is 1. The van der Waals surface area contributed by atoms with Crippen molar-refractivity contribution in [1.29, 1.82) is 0 Å². The van der Waals surface area contributed by atoms with Crippen LogP contribution in [0, 0.1) is 0 Å². The smallest absolute Gasteiger partial charge is 0.247 e. The van der Waals surface area contributed by atoms with Crippen LogP contribution in [0.4, 0.5) is 11.5 Å². The van der Waals surface area contributed by atoms with Crippen LogP contribution in [0.1, 0.15) is 12.8 Å². The molecule has 1 aromatic carbocycles. The molecule has 1 amide bonds. The predicted molar refractivity (Wildman–Crippen MR) is 104 cm³/mol. The number of aromatic nitrogens is 2. The monoisotopic (exact) mass is 388 g/mol. The van der Waals surface area contributed by atoms with Crippen LogP contribution >= 0.6 is 22.9 Å². The van der Waals surface area contributed by atoms with Crippen LogP contribution in [0.25, 0.3) is 10.2 Å². The molecule has 1 unspecified atom stereocenters. The average molecular weight is 389 g/mol. The molecule has 1 saturated heterocycles. The molecule has 0 saturated carbocycles. The molecule has 3 heterocycles. The van der Waals surface area contributed by atoms with Crippen molar-refractivity contribution >= 4 is 50.6 Å². The molecule has 1 fully saturated rings. The highest BCUT2D eigenvalue weighted by atomic mass is 35.5. The summed E-state index contributed by atoms with van der Waals surface area (Å²) in [5.74, 6) is 1.38. The van der Waals surface area contributed by atoms with Gasteiger partial charge in [-0.25, -0.2) is 9.97 Å². The Morgan fingerprint density at radius 2 is 2.27 bits per heavy atom. The van der Waals surface area contributed by atoms with Crippen molar-refractivity contribution < 1.29 is 9.53 Å². The van der Waals surface area contributed by atoms with Crippen LogP contribution in [0.5, 0.6) is 5.75 Å². The summed E-state index contributed by atoms with van der Waals surface area (Å²) in [6.07, 6.45) is 3.26. The molecule has 1 aliphatic heterocycles. The third-order valence-corrected chi connectivity index (χ3v) is 5.64. The Hall–Kier alpha value is -2.38. The molecular formula is C18H17ClN4O2S. The highest BCUT2D eigenvalue weighted by molar-refractivity contribution is 7.16. The van der Waals surface area contributed by atoms with Gasteiger partial charge in [-0.3, -0.25) is 4.79 Å². The summed E-state index contributed by atoms with van der Waals surface area (Å²) in [5, 5.41) is 6.36. The van der Waals surface area contributed by atoms with Crippen LogP contribution in [-0.2, 0) is 4.79 Å². The molecule has 0 spiro atoms. The molecule has 1 N–H and O–H groups in total. The molecule has 0 aliphatic carbocycles. The lowest BCUT2D eigenvalue weighted by atomic mass is 10.2. The van der Waals surface area contributed by atoms with Gasteiger partial charge in [0.2, 0.25) is 5.91 Å². The zero-order chi connectivity index (χ0) is 18.1.